The molecule has 1 aromatic carbocycles. The standard InChI is InChI=1S/C12H14N2O4/c1-8-4-9(6-10(5-8)14(17)18)13-7-12(2-3-12)11(15)16/h4-6,13H,2-3,7H2,1H3,(H,15,16). The van der Waals surface area contributed by atoms with Crippen LogP contribution < -0.4 is 5.32 Å². The van der Waals surface area contributed by atoms with Crippen molar-refractivity contribution in [1.82, 2.24) is 0 Å². The predicted molar refractivity (Wildman–Crippen MR) is 65.6 cm³/mol. The van der Waals surface area contributed by atoms with Gasteiger partial charge in [-0.3, -0.25) is 14.9 Å². The number of nitrogens with one attached hydrogen (secondary N) is 1. The fourth-order valence-electron chi connectivity index (χ4n) is 1.86. The molecule has 1 aliphatic carbocycles. The van der Waals surface area contributed by atoms with Gasteiger partial charge in [0.25, 0.3) is 5.69 Å². The predicted octanol–water partition coefficient (Wildman–Crippen LogP) is 2.18. The molecule has 6 nitrogen and oxygen atoms in total. The minimum Gasteiger partial charge on any atom is -0.481 e. The molecule has 6 heteroatoms. The normalized spacial score (nSPS) is 16.1. The number of carboxylic acids is 1. The fraction of sp³-hybridized carbons (Fsp3) is 0.417. The topological polar surface area (TPSA) is 92.5 Å². The average molecular weight is 250 g/mol. The maximum Gasteiger partial charge on any atom is 0.311 e. The minimum absolute atomic E-state index is 0.0117. The number of hydrogen-bond donors (Lipinski definition) is 2. The molecule has 1 fully saturated rings. The lowest BCUT2D eigenvalue weighted by molar-refractivity contribution is -0.384. The molecular formula is C12H14N2O4. The minimum atomic E-state index is -0.808. The van der Waals surface area contributed by atoms with E-state index in [1.165, 1.54) is 12.1 Å². The third-order valence-electron chi connectivity index (χ3n) is 3.21. The second-order valence-electron chi connectivity index (χ2n) is 4.75. The van der Waals surface area contributed by atoms with Gasteiger partial charge >= 0.3 is 5.97 Å². The second kappa shape index (κ2) is 4.29. The number of anilines is 1. The van der Waals surface area contributed by atoms with Gasteiger partial charge in [-0.15, -0.1) is 0 Å². The van der Waals surface area contributed by atoms with Crippen LogP contribution in [0, 0.1) is 22.5 Å². The van der Waals surface area contributed by atoms with E-state index in [2.05, 4.69) is 5.32 Å². The van der Waals surface area contributed by atoms with Crippen molar-refractivity contribution in [2.75, 3.05) is 11.9 Å². The summed E-state index contributed by atoms with van der Waals surface area (Å²) in [6.45, 7) is 2.07. The molecule has 2 N–H and O–H groups in total. The lowest BCUT2D eigenvalue weighted by Gasteiger charge is -2.12. The molecule has 1 aliphatic rings. The first-order valence-corrected chi connectivity index (χ1v) is 5.66. The summed E-state index contributed by atoms with van der Waals surface area (Å²) >= 11 is 0. The monoisotopic (exact) mass is 250 g/mol. The van der Waals surface area contributed by atoms with Crippen LogP contribution in [0.4, 0.5) is 11.4 Å². The quantitative estimate of drug-likeness (QED) is 0.617. The first kappa shape index (κ1) is 12.3. The maximum absolute atomic E-state index is 11.0. The van der Waals surface area contributed by atoms with Crippen LogP contribution in [-0.2, 0) is 4.79 Å². The van der Waals surface area contributed by atoms with Crippen LogP contribution >= 0.6 is 0 Å². The van der Waals surface area contributed by atoms with E-state index in [1.807, 2.05) is 0 Å². The van der Waals surface area contributed by atoms with E-state index in [0.717, 1.165) is 5.56 Å². The number of nitro benzene ring substituents is 1. The molecule has 18 heavy (non-hydrogen) atoms. The zero-order valence-corrected chi connectivity index (χ0v) is 9.97. The van der Waals surface area contributed by atoms with Crippen molar-refractivity contribution < 1.29 is 14.8 Å². The molecule has 0 bridgehead atoms. The van der Waals surface area contributed by atoms with Crippen LogP contribution in [0.1, 0.15) is 18.4 Å². The average Bonchev–Trinajstić information content (AvgIpc) is 3.06. The first-order chi connectivity index (χ1) is 8.43. The SMILES string of the molecule is Cc1cc(NCC2(C(=O)O)CC2)cc([N+](=O)[O-])c1. The molecule has 96 valence electrons. The van der Waals surface area contributed by atoms with Crippen molar-refractivity contribution in [2.24, 2.45) is 5.41 Å². The van der Waals surface area contributed by atoms with E-state index in [-0.39, 0.29) is 5.69 Å². The van der Waals surface area contributed by atoms with Crippen molar-refractivity contribution in [3.63, 3.8) is 0 Å². The summed E-state index contributed by atoms with van der Waals surface area (Å²) < 4.78 is 0. The molecule has 0 aromatic heterocycles. The summed E-state index contributed by atoms with van der Waals surface area (Å²) in [5, 5.41) is 22.7. The third kappa shape index (κ3) is 2.42. The van der Waals surface area contributed by atoms with Crippen molar-refractivity contribution in [1.29, 1.82) is 0 Å². The number of aliphatic carboxylic acids is 1. The Balaban J connectivity index is 2.10. The first-order valence-electron chi connectivity index (χ1n) is 5.66. The van der Waals surface area contributed by atoms with Gasteiger partial charge in [0, 0.05) is 24.4 Å². The van der Waals surface area contributed by atoms with E-state index in [1.54, 1.807) is 13.0 Å². The van der Waals surface area contributed by atoms with Crippen molar-refractivity contribution in [3.05, 3.63) is 33.9 Å². The van der Waals surface area contributed by atoms with Gasteiger partial charge in [0.1, 0.15) is 0 Å². The molecule has 1 aromatic rings. The summed E-state index contributed by atoms with van der Waals surface area (Å²) in [5.41, 5.74) is 0.692. The highest BCUT2D eigenvalue weighted by Crippen LogP contribution is 2.45. The Morgan fingerprint density at radius 2 is 2.17 bits per heavy atom. The number of hydrogen-bond acceptors (Lipinski definition) is 4. The Bertz CT molecular complexity index is 509. The third-order valence-corrected chi connectivity index (χ3v) is 3.21. The van der Waals surface area contributed by atoms with E-state index >= 15 is 0 Å². The van der Waals surface area contributed by atoms with Crippen molar-refractivity contribution in [3.8, 4) is 0 Å². The number of carbonyl (C=O) groups is 1. The molecule has 0 aliphatic heterocycles. The van der Waals surface area contributed by atoms with Gasteiger partial charge < -0.3 is 10.4 Å². The summed E-state index contributed by atoms with van der Waals surface area (Å²) in [4.78, 5) is 21.3. The van der Waals surface area contributed by atoms with Crippen LogP contribution in [0.2, 0.25) is 0 Å². The van der Waals surface area contributed by atoms with E-state index in [0.29, 0.717) is 25.1 Å². The molecule has 0 atom stereocenters. The van der Waals surface area contributed by atoms with Crippen LogP contribution in [0.25, 0.3) is 0 Å². The number of nitrogens with zero attached hydrogens (tertiary/aromatic N) is 1. The van der Waals surface area contributed by atoms with Gasteiger partial charge in [0.15, 0.2) is 0 Å². The Morgan fingerprint density at radius 3 is 2.67 bits per heavy atom. The molecular weight excluding hydrogens is 236 g/mol. The lowest BCUT2D eigenvalue weighted by atomic mass is 10.1. The Kier molecular flexibility index (Phi) is 2.94. The molecule has 2 rings (SSSR count). The van der Waals surface area contributed by atoms with Gasteiger partial charge in [-0.2, -0.15) is 0 Å². The van der Waals surface area contributed by atoms with Crippen molar-refractivity contribution in [2.45, 2.75) is 19.8 Å². The zero-order valence-electron chi connectivity index (χ0n) is 9.97. The van der Waals surface area contributed by atoms with Gasteiger partial charge in [-0.05, 0) is 31.4 Å². The van der Waals surface area contributed by atoms with E-state index in [4.69, 9.17) is 5.11 Å². The highest BCUT2D eigenvalue weighted by Gasteiger charge is 2.50. The highest BCUT2D eigenvalue weighted by molar-refractivity contribution is 5.78. The van der Waals surface area contributed by atoms with Crippen LogP contribution in [0.15, 0.2) is 18.2 Å². The summed E-state index contributed by atoms with van der Waals surface area (Å²) in [6.07, 6.45) is 1.31. The molecule has 0 amide bonds. The number of rotatable bonds is 5. The molecule has 0 unspecified atom stereocenters. The highest BCUT2D eigenvalue weighted by atomic mass is 16.6. The van der Waals surface area contributed by atoms with E-state index in [9.17, 15) is 14.9 Å². The molecule has 0 saturated heterocycles. The largest absolute Gasteiger partial charge is 0.481 e. The Morgan fingerprint density at radius 1 is 1.50 bits per heavy atom. The van der Waals surface area contributed by atoms with Crippen LogP contribution in [0.3, 0.4) is 0 Å². The van der Waals surface area contributed by atoms with Crippen LogP contribution in [-0.4, -0.2) is 22.5 Å². The second-order valence-corrected chi connectivity index (χ2v) is 4.75. The lowest BCUT2D eigenvalue weighted by Crippen LogP contribution is -2.24. The summed E-state index contributed by atoms with van der Waals surface area (Å²) in [7, 11) is 0. The number of benzene rings is 1. The molecule has 0 heterocycles. The number of carboxylic acid groups (broad SMARTS) is 1. The molecule has 0 spiro atoms. The molecule has 1 saturated carbocycles. The molecule has 0 radical (unpaired) electrons. The zero-order chi connectivity index (χ0) is 13.3. The Hall–Kier alpha value is -2.11. The van der Waals surface area contributed by atoms with Crippen LogP contribution in [0.5, 0.6) is 0 Å². The van der Waals surface area contributed by atoms with Gasteiger partial charge in [0.05, 0.1) is 10.3 Å². The number of non-ortho nitro benzene ring substituents is 1. The summed E-state index contributed by atoms with van der Waals surface area (Å²) in [6, 6.07) is 4.67. The fourth-order valence-corrected chi connectivity index (χ4v) is 1.86. The number of aryl methyl sites for hydroxylation is 1. The van der Waals surface area contributed by atoms with Crippen molar-refractivity contribution >= 4 is 17.3 Å². The van der Waals surface area contributed by atoms with Gasteiger partial charge in [0.2, 0.25) is 0 Å². The maximum atomic E-state index is 11.0. The van der Waals surface area contributed by atoms with Gasteiger partial charge in [-0.1, -0.05) is 0 Å². The Labute approximate surface area is 104 Å². The van der Waals surface area contributed by atoms with Gasteiger partial charge in [-0.25, -0.2) is 0 Å². The number of nitro groups is 1. The summed E-state index contributed by atoms with van der Waals surface area (Å²) in [5.74, 6) is -0.808. The smallest absolute Gasteiger partial charge is 0.311 e. The van der Waals surface area contributed by atoms with E-state index < -0.39 is 16.3 Å².